The number of aromatic hydroxyl groups is 3. The second-order valence-corrected chi connectivity index (χ2v) is 31.7. The molecule has 18 atom stereocenters. The lowest BCUT2D eigenvalue weighted by Crippen LogP contribution is -2.65. The number of carbonyl (C=O) groups excluding carboxylic acids is 9. The van der Waals surface area contributed by atoms with Crippen molar-refractivity contribution in [2.45, 2.75) is 176 Å². The highest BCUT2D eigenvalue weighted by molar-refractivity contribution is 6.32. The van der Waals surface area contributed by atoms with Gasteiger partial charge < -0.3 is 133 Å². The molecule has 0 radical (unpaired) electrons. The molecule has 7 aliphatic rings. The van der Waals surface area contributed by atoms with E-state index < -0.39 is 260 Å². The minimum Gasteiger partial charge on any atom is -0.508 e. The van der Waals surface area contributed by atoms with Crippen molar-refractivity contribution in [3.05, 3.63) is 176 Å². The molecule has 9 amide bonds. The first-order valence-corrected chi connectivity index (χ1v) is 39.7. The highest BCUT2D eigenvalue weighted by Gasteiger charge is 2.53. The summed E-state index contributed by atoms with van der Waals surface area (Å²) in [7, 11) is 2.49. The summed E-state index contributed by atoms with van der Waals surface area (Å²) >= 11 is 14.3. The fourth-order valence-electron chi connectivity index (χ4n) is 15.1. The number of fused-ring (bicyclic) bond motifs is 15. The average Bonchev–Trinajstić information content (AvgIpc) is 0.769. The standard InChI is InChI=1S/C83H90Cl2F3N11O26/c1-34(2)20-49(90-5)74(111)97-65-67(106)39-13-18-53(47(84)24-39)120-55-26-41-27-56(71(55)124-81-72(70(109)69(108)57(33-100)122-81)123-60-31-82(4,73(110)35(3)119-60)91-32-37-8-7-9-42(21-37)92-59(105)22-36-10-15-44(16-11-36)125-83(86,87)88)121-54-19-14-40(25-48(54)85)68(107)66-79(116)96-64(80(117)99-118-6)46-28-43(101)29-52(103)61(46)45-23-38(12-17-51(45)102)62(76(113)98-66)95-77(114)63(41)94-75(112)50(30-58(89)104)93-78(65)115/h7-19,21,23-29,34-35,49-50,57,60,62-70,72-73,81,90-91,100-103,106-110H,20,22,30-33H2,1-6H3,(H2,89,104)(H,92,105)(H,93,115)(H,94,112)(H,95,114)(H,96,116)(H,97,111)(H,98,113)(H,99,117). The Morgan fingerprint density at radius 1 is 0.696 bits per heavy atom. The largest absolute Gasteiger partial charge is 0.573 e. The van der Waals surface area contributed by atoms with E-state index in [1.807, 2.05) is 0 Å². The molecule has 668 valence electrons. The number of hydrogen-bond donors (Lipinski definition) is 20. The smallest absolute Gasteiger partial charge is 0.508 e. The number of hydroxylamine groups is 1. The lowest BCUT2D eigenvalue weighted by atomic mass is 9.84. The van der Waals surface area contributed by atoms with Crippen molar-refractivity contribution < 1.29 is 140 Å². The third-order valence-electron chi connectivity index (χ3n) is 21.4. The zero-order valence-corrected chi connectivity index (χ0v) is 68.7. The maximum absolute atomic E-state index is 16.3. The molecule has 0 aliphatic carbocycles. The van der Waals surface area contributed by atoms with Gasteiger partial charge in [-0.1, -0.05) is 79.5 Å². The number of phenolic OH excluding ortho intramolecular Hbond substituents is 3. The van der Waals surface area contributed by atoms with Gasteiger partial charge in [-0.05, 0) is 151 Å². The molecule has 125 heavy (non-hydrogen) atoms. The number of benzene rings is 7. The molecule has 7 aliphatic heterocycles. The van der Waals surface area contributed by atoms with Gasteiger partial charge in [0.05, 0.1) is 54.9 Å². The first-order valence-electron chi connectivity index (χ1n) is 39.0. The quantitative estimate of drug-likeness (QED) is 0.0457. The van der Waals surface area contributed by atoms with Crippen molar-refractivity contribution in [3.63, 3.8) is 0 Å². The molecule has 14 rings (SSSR count). The number of nitrogens with one attached hydrogen (secondary N) is 10. The summed E-state index contributed by atoms with van der Waals surface area (Å²) in [4.78, 5) is 138. The monoisotopic (exact) mass is 1780 g/mol. The fraction of sp³-hybridized carbons (Fsp3) is 0.386. The van der Waals surface area contributed by atoms with Crippen molar-refractivity contribution in [2.75, 3.05) is 26.1 Å². The van der Waals surface area contributed by atoms with Crippen molar-refractivity contribution in [1.82, 2.24) is 48.0 Å². The molecule has 0 spiro atoms. The Hall–Kier alpha value is -11.7. The van der Waals surface area contributed by atoms with E-state index in [1.165, 1.54) is 38.2 Å². The van der Waals surface area contributed by atoms with Gasteiger partial charge in [0, 0.05) is 41.4 Å². The number of ether oxygens (including phenoxy) is 7. The van der Waals surface area contributed by atoms with Gasteiger partial charge >= 0.3 is 6.36 Å². The molecule has 7 heterocycles. The first-order chi connectivity index (χ1) is 59.2. The molecule has 0 aromatic heterocycles. The minimum atomic E-state index is -4.93. The van der Waals surface area contributed by atoms with Crippen LogP contribution in [0.5, 0.6) is 51.7 Å². The van der Waals surface area contributed by atoms with Crippen LogP contribution in [-0.2, 0) is 75.2 Å². The maximum Gasteiger partial charge on any atom is 0.573 e. The number of nitrogens with two attached hydrogens (primary N) is 1. The summed E-state index contributed by atoms with van der Waals surface area (Å²) < 4.78 is 81.9. The first kappa shape index (κ1) is 92.4. The number of carbonyl (C=O) groups is 9. The Morgan fingerprint density at radius 3 is 1.96 bits per heavy atom. The number of halogens is 5. The molecule has 2 fully saturated rings. The third kappa shape index (κ3) is 21.4. The maximum atomic E-state index is 16.3. The molecule has 7 aromatic carbocycles. The summed E-state index contributed by atoms with van der Waals surface area (Å²) in [5.41, 5.74) is 4.98. The summed E-state index contributed by atoms with van der Waals surface area (Å²) in [5.74, 6) is -16.6. The van der Waals surface area contributed by atoms with Crippen LogP contribution in [0.3, 0.4) is 0 Å². The molecule has 2 saturated heterocycles. The van der Waals surface area contributed by atoms with Crippen LogP contribution < -0.4 is 78.0 Å². The fourth-order valence-corrected chi connectivity index (χ4v) is 15.5. The predicted octanol–water partition coefficient (Wildman–Crippen LogP) is 3.61. The van der Waals surface area contributed by atoms with Gasteiger partial charge in [0.2, 0.25) is 59.3 Å². The van der Waals surface area contributed by atoms with Crippen LogP contribution in [0, 0.1) is 5.92 Å². The van der Waals surface area contributed by atoms with Crippen molar-refractivity contribution in [3.8, 4) is 62.9 Å². The van der Waals surface area contributed by atoms with Crippen LogP contribution in [0.15, 0.2) is 127 Å². The predicted molar refractivity (Wildman–Crippen MR) is 431 cm³/mol. The van der Waals surface area contributed by atoms with Crippen LogP contribution in [0.1, 0.15) is 116 Å². The summed E-state index contributed by atoms with van der Waals surface area (Å²) in [6, 6.07) is 10.7. The van der Waals surface area contributed by atoms with Gasteiger partial charge in [-0.3, -0.25) is 48.0 Å². The van der Waals surface area contributed by atoms with Gasteiger partial charge in [0.25, 0.3) is 5.91 Å². The molecule has 42 heteroatoms. The Kier molecular flexibility index (Phi) is 28.7. The number of likely N-dealkylation sites (N-methyl/N-ethyl adjacent to an activating group) is 1. The number of amides is 9. The van der Waals surface area contributed by atoms with E-state index in [0.29, 0.717) is 16.8 Å². The van der Waals surface area contributed by atoms with Crippen molar-refractivity contribution in [1.29, 1.82) is 0 Å². The lowest BCUT2D eigenvalue weighted by molar-refractivity contribution is -0.334. The molecule has 18 unspecified atom stereocenters. The van der Waals surface area contributed by atoms with Crippen molar-refractivity contribution >= 4 is 82.1 Å². The summed E-state index contributed by atoms with van der Waals surface area (Å²) in [5, 5.41) is 129. The number of hydrogen-bond acceptors (Lipinski definition) is 28. The third-order valence-corrected chi connectivity index (χ3v) is 22.0. The average molecular weight is 1790 g/mol. The van der Waals surface area contributed by atoms with E-state index in [2.05, 4.69) is 58.1 Å². The minimum absolute atomic E-state index is 0.0121. The lowest BCUT2D eigenvalue weighted by Gasteiger charge is -2.48. The van der Waals surface area contributed by atoms with Crippen LogP contribution in [-0.4, -0.2) is 205 Å². The number of aliphatic hydroxyl groups is 6. The number of primary amides is 1. The number of phenols is 3. The molecular weight excluding hydrogens is 1690 g/mol. The topological polar surface area (TPSA) is 556 Å². The Labute approximate surface area is 719 Å². The van der Waals surface area contributed by atoms with E-state index in [-0.39, 0.29) is 54.2 Å². The molecule has 37 nitrogen and oxygen atoms in total. The second-order valence-electron chi connectivity index (χ2n) is 30.9. The normalized spacial score (nSPS) is 26.0. The highest BCUT2D eigenvalue weighted by atomic mass is 35.5. The van der Waals surface area contributed by atoms with Gasteiger partial charge in [0.1, 0.15) is 101 Å². The highest BCUT2D eigenvalue weighted by Crippen LogP contribution is 2.50. The van der Waals surface area contributed by atoms with E-state index in [1.54, 1.807) is 45.0 Å². The molecule has 0 saturated carbocycles. The zero-order chi connectivity index (χ0) is 90.5. The number of rotatable bonds is 21. The SMILES string of the molecule is CNC(CC(C)C)C(=O)NC1C(=O)NC(CC(N)=O)C(=O)NC2C(=O)NC3C(=O)NC(C(=O)NC(C(=O)NOC)c4cc(O)cc(O)c4-c4cc3ccc4O)C(O)c3ccc(c(Cl)c3)Oc3cc2cc(c3OC2OC(CO)C(O)C(O)C2OC2CC(C)(NCc3cccc(NC(=O)Cc4ccc(OC(F)(F)F)cc4)c3)C(O)C(C)O2)Oc2ccc(cc2Cl)C1O. The zero-order valence-electron chi connectivity index (χ0n) is 67.2. The van der Waals surface area contributed by atoms with E-state index in [9.17, 15) is 78.3 Å². The van der Waals surface area contributed by atoms with Crippen molar-refractivity contribution in [2.24, 2.45) is 11.7 Å². The number of aliphatic hydroxyl groups excluding tert-OH is 6. The van der Waals surface area contributed by atoms with Crippen LogP contribution >= 0.6 is 23.2 Å². The van der Waals surface area contributed by atoms with Gasteiger partial charge in [-0.2, -0.15) is 0 Å². The molecular formula is C83H90Cl2F3N11O26. The molecule has 21 N–H and O–H groups in total. The van der Waals surface area contributed by atoms with Crippen LogP contribution in [0.2, 0.25) is 10.0 Å². The summed E-state index contributed by atoms with van der Waals surface area (Å²) in [6.07, 6.45) is -24.7. The summed E-state index contributed by atoms with van der Waals surface area (Å²) in [6.45, 7) is 5.68. The van der Waals surface area contributed by atoms with Crippen LogP contribution in [0.25, 0.3) is 11.1 Å². The number of anilines is 1. The van der Waals surface area contributed by atoms with Crippen LogP contribution in [0.4, 0.5) is 18.9 Å². The second kappa shape index (κ2) is 38.8. The van der Waals surface area contributed by atoms with Gasteiger partial charge in [-0.15, -0.1) is 13.2 Å². The Morgan fingerprint density at radius 2 is 1.34 bits per heavy atom. The van der Waals surface area contributed by atoms with E-state index >= 15 is 24.0 Å². The Bertz CT molecular complexity index is 5260. The Balaban J connectivity index is 0.998. The van der Waals surface area contributed by atoms with E-state index in [4.69, 9.17) is 62.2 Å². The van der Waals surface area contributed by atoms with Gasteiger partial charge in [-0.25, -0.2) is 5.48 Å². The van der Waals surface area contributed by atoms with Gasteiger partial charge in [0.15, 0.2) is 23.9 Å². The molecule has 11 bridgehead atoms. The number of alkyl halides is 3. The molecule has 7 aromatic rings. The van der Waals surface area contributed by atoms with E-state index in [0.717, 1.165) is 86.0 Å².